The third-order valence-electron chi connectivity index (χ3n) is 1.63. The average molecular weight is 201 g/mol. The Morgan fingerprint density at radius 1 is 1.50 bits per heavy atom. The van der Waals surface area contributed by atoms with E-state index in [0.29, 0.717) is 0 Å². The van der Waals surface area contributed by atoms with E-state index in [0.717, 1.165) is 6.54 Å². The van der Waals surface area contributed by atoms with Crippen molar-refractivity contribution in [2.75, 3.05) is 23.9 Å². The summed E-state index contributed by atoms with van der Waals surface area (Å²) in [5.74, 6) is 1.28. The van der Waals surface area contributed by atoms with Crippen LogP contribution in [0.5, 0.6) is 0 Å². The number of unbranched alkanes of at least 4 members (excludes halogenated alkanes) is 1. The van der Waals surface area contributed by atoms with Gasteiger partial charge in [0, 0.05) is 17.6 Å². The summed E-state index contributed by atoms with van der Waals surface area (Å²) in [6.07, 6.45) is 4.75. The normalized spacial score (nSPS) is 10.1. The highest BCUT2D eigenvalue weighted by molar-refractivity contribution is 7.98. The molecule has 1 aromatic rings. The average Bonchev–Trinajstić information content (AvgIpc) is 2.57. The molecule has 0 atom stereocenters. The number of thioether (sulfide) groups is 1. The summed E-state index contributed by atoms with van der Waals surface area (Å²) < 4.78 is 0. The van der Waals surface area contributed by atoms with Gasteiger partial charge in [-0.05, 0) is 36.3 Å². The molecule has 0 saturated carbocycles. The predicted molar refractivity (Wildman–Crippen MR) is 60.4 cm³/mol. The molecule has 0 aromatic carbocycles. The molecule has 1 heterocycles. The van der Waals surface area contributed by atoms with Crippen LogP contribution in [0.2, 0.25) is 0 Å². The lowest BCUT2D eigenvalue weighted by Crippen LogP contribution is -2.00. The maximum atomic E-state index is 3.38. The Hall–Kier alpha value is -0.150. The Morgan fingerprint density at radius 2 is 2.42 bits per heavy atom. The Morgan fingerprint density at radius 3 is 3.08 bits per heavy atom. The highest BCUT2D eigenvalue weighted by Gasteiger charge is 1.90. The van der Waals surface area contributed by atoms with Crippen LogP contribution in [0.25, 0.3) is 0 Å². The first-order chi connectivity index (χ1) is 5.93. The van der Waals surface area contributed by atoms with Gasteiger partial charge in [-0.15, -0.1) is 0 Å². The number of hydrogen-bond acceptors (Lipinski definition) is 3. The standard InChI is InChI=1S/C9H15NS2/c1-11-6-3-2-5-10-9-4-7-12-8-9/h4,7-8,10H,2-3,5-6H2,1H3. The molecule has 68 valence electrons. The SMILES string of the molecule is CSCCCCNc1ccsc1. The maximum absolute atomic E-state index is 3.38. The number of rotatable bonds is 6. The molecule has 12 heavy (non-hydrogen) atoms. The smallest absolute Gasteiger partial charge is 0.0448 e. The first kappa shape index (κ1) is 9.93. The van der Waals surface area contributed by atoms with Gasteiger partial charge in [0.05, 0.1) is 0 Å². The summed E-state index contributed by atoms with van der Waals surface area (Å²) >= 11 is 3.67. The van der Waals surface area contributed by atoms with Crippen LogP contribution in [0.3, 0.4) is 0 Å². The largest absolute Gasteiger partial charge is 0.384 e. The topological polar surface area (TPSA) is 12.0 Å². The third kappa shape index (κ3) is 4.02. The predicted octanol–water partition coefficient (Wildman–Crippen LogP) is 3.30. The molecule has 1 nitrogen and oxygen atoms in total. The molecule has 0 saturated heterocycles. The van der Waals surface area contributed by atoms with Crippen molar-refractivity contribution in [3.05, 3.63) is 16.8 Å². The fraction of sp³-hybridized carbons (Fsp3) is 0.556. The molecule has 0 fully saturated rings. The molecule has 0 aliphatic heterocycles. The van der Waals surface area contributed by atoms with Gasteiger partial charge in [0.15, 0.2) is 0 Å². The number of thiophene rings is 1. The van der Waals surface area contributed by atoms with Crippen molar-refractivity contribution in [3.8, 4) is 0 Å². The van der Waals surface area contributed by atoms with E-state index in [-0.39, 0.29) is 0 Å². The van der Waals surface area contributed by atoms with E-state index in [1.807, 2.05) is 11.8 Å². The van der Waals surface area contributed by atoms with Crippen molar-refractivity contribution in [2.45, 2.75) is 12.8 Å². The third-order valence-corrected chi connectivity index (χ3v) is 3.01. The van der Waals surface area contributed by atoms with Crippen LogP contribution in [-0.2, 0) is 0 Å². The Balaban J connectivity index is 1.96. The molecule has 0 unspecified atom stereocenters. The minimum absolute atomic E-state index is 1.11. The van der Waals surface area contributed by atoms with E-state index in [1.54, 1.807) is 11.3 Å². The lowest BCUT2D eigenvalue weighted by Gasteiger charge is -2.02. The summed E-state index contributed by atoms with van der Waals surface area (Å²) in [7, 11) is 0. The van der Waals surface area contributed by atoms with Crippen LogP contribution in [0, 0.1) is 0 Å². The molecule has 0 aliphatic carbocycles. The Bertz CT molecular complexity index is 184. The van der Waals surface area contributed by atoms with Gasteiger partial charge in [-0.1, -0.05) is 0 Å². The van der Waals surface area contributed by atoms with Gasteiger partial charge < -0.3 is 5.32 Å². The fourth-order valence-electron chi connectivity index (χ4n) is 0.969. The lowest BCUT2D eigenvalue weighted by molar-refractivity contribution is 0.844. The van der Waals surface area contributed by atoms with E-state index >= 15 is 0 Å². The minimum atomic E-state index is 1.11. The fourth-order valence-corrected chi connectivity index (χ4v) is 2.07. The summed E-state index contributed by atoms with van der Waals surface area (Å²) in [5, 5.41) is 7.63. The molecule has 0 bridgehead atoms. The van der Waals surface area contributed by atoms with Gasteiger partial charge in [0.2, 0.25) is 0 Å². The van der Waals surface area contributed by atoms with Gasteiger partial charge in [0.25, 0.3) is 0 Å². The van der Waals surface area contributed by atoms with E-state index in [4.69, 9.17) is 0 Å². The van der Waals surface area contributed by atoms with Gasteiger partial charge in [0.1, 0.15) is 0 Å². The minimum Gasteiger partial charge on any atom is -0.384 e. The van der Waals surface area contributed by atoms with Crippen LogP contribution in [0.1, 0.15) is 12.8 Å². The van der Waals surface area contributed by atoms with Crippen molar-refractivity contribution in [3.63, 3.8) is 0 Å². The molecule has 0 amide bonds. The Labute approximate surface area is 82.6 Å². The molecule has 1 rings (SSSR count). The first-order valence-corrected chi connectivity index (χ1v) is 6.52. The molecule has 0 aliphatic rings. The van der Waals surface area contributed by atoms with Gasteiger partial charge in [-0.2, -0.15) is 23.1 Å². The second-order valence-corrected chi connectivity index (χ2v) is 4.40. The molecular weight excluding hydrogens is 186 g/mol. The van der Waals surface area contributed by atoms with Crippen LogP contribution in [0.15, 0.2) is 16.8 Å². The monoisotopic (exact) mass is 201 g/mol. The summed E-state index contributed by atoms with van der Waals surface area (Å²) in [4.78, 5) is 0. The summed E-state index contributed by atoms with van der Waals surface area (Å²) in [5.41, 5.74) is 1.27. The van der Waals surface area contributed by atoms with E-state index in [1.165, 1.54) is 24.3 Å². The quantitative estimate of drug-likeness (QED) is 0.709. The highest BCUT2D eigenvalue weighted by Crippen LogP contribution is 2.11. The molecule has 0 radical (unpaired) electrons. The van der Waals surface area contributed by atoms with E-state index < -0.39 is 0 Å². The second kappa shape index (κ2) is 6.38. The van der Waals surface area contributed by atoms with Gasteiger partial charge in [-0.25, -0.2) is 0 Å². The zero-order valence-corrected chi connectivity index (χ0v) is 9.01. The van der Waals surface area contributed by atoms with Crippen LogP contribution in [-0.4, -0.2) is 18.6 Å². The number of anilines is 1. The van der Waals surface area contributed by atoms with Crippen LogP contribution in [0.4, 0.5) is 5.69 Å². The van der Waals surface area contributed by atoms with Crippen molar-refractivity contribution >= 4 is 28.8 Å². The van der Waals surface area contributed by atoms with Crippen molar-refractivity contribution < 1.29 is 0 Å². The zero-order valence-electron chi connectivity index (χ0n) is 7.38. The zero-order chi connectivity index (χ0) is 8.65. The molecular formula is C9H15NS2. The molecule has 1 N–H and O–H groups in total. The van der Waals surface area contributed by atoms with E-state index in [9.17, 15) is 0 Å². The molecule has 3 heteroatoms. The van der Waals surface area contributed by atoms with Crippen LogP contribution < -0.4 is 5.32 Å². The number of nitrogens with one attached hydrogen (secondary N) is 1. The van der Waals surface area contributed by atoms with Crippen molar-refractivity contribution in [1.82, 2.24) is 0 Å². The first-order valence-electron chi connectivity index (χ1n) is 4.18. The Kier molecular flexibility index (Phi) is 5.28. The number of hydrogen-bond donors (Lipinski definition) is 1. The highest BCUT2D eigenvalue weighted by atomic mass is 32.2. The second-order valence-electron chi connectivity index (χ2n) is 2.64. The summed E-state index contributed by atoms with van der Waals surface area (Å²) in [6, 6.07) is 2.12. The summed E-state index contributed by atoms with van der Waals surface area (Å²) in [6.45, 7) is 1.11. The van der Waals surface area contributed by atoms with Crippen molar-refractivity contribution in [2.24, 2.45) is 0 Å². The maximum Gasteiger partial charge on any atom is 0.0448 e. The van der Waals surface area contributed by atoms with Gasteiger partial charge in [-0.3, -0.25) is 0 Å². The molecule has 0 spiro atoms. The van der Waals surface area contributed by atoms with E-state index in [2.05, 4.69) is 28.4 Å². The molecule has 1 aromatic heterocycles. The lowest BCUT2D eigenvalue weighted by atomic mass is 10.3. The van der Waals surface area contributed by atoms with Crippen molar-refractivity contribution in [1.29, 1.82) is 0 Å². The van der Waals surface area contributed by atoms with Gasteiger partial charge >= 0.3 is 0 Å². The van der Waals surface area contributed by atoms with Crippen LogP contribution >= 0.6 is 23.1 Å².